The predicted molar refractivity (Wildman–Crippen MR) is 143 cm³/mol. The summed E-state index contributed by atoms with van der Waals surface area (Å²) < 4.78 is 11.4. The van der Waals surface area contributed by atoms with Crippen molar-refractivity contribution in [2.75, 3.05) is 13.2 Å². The van der Waals surface area contributed by atoms with Crippen LogP contribution >= 0.6 is 0 Å². The fourth-order valence-electron chi connectivity index (χ4n) is 3.89. The maximum atomic E-state index is 12.7. The highest BCUT2D eigenvalue weighted by Crippen LogP contribution is 2.16. The summed E-state index contributed by atoms with van der Waals surface area (Å²) in [6.07, 6.45) is 2.48. The van der Waals surface area contributed by atoms with E-state index in [-0.39, 0.29) is 25.0 Å². The highest BCUT2D eigenvalue weighted by atomic mass is 16.5. The van der Waals surface area contributed by atoms with E-state index in [2.05, 4.69) is 17.4 Å². The summed E-state index contributed by atoms with van der Waals surface area (Å²) in [4.78, 5) is 23.8. The predicted octanol–water partition coefficient (Wildman–Crippen LogP) is 4.13. The van der Waals surface area contributed by atoms with Crippen molar-refractivity contribution in [3.8, 4) is 5.75 Å². The van der Waals surface area contributed by atoms with E-state index >= 15 is 0 Å². The van der Waals surface area contributed by atoms with Crippen LogP contribution in [0.2, 0.25) is 0 Å². The monoisotopic (exact) mass is 504 g/mol. The Morgan fingerprint density at radius 2 is 1.51 bits per heavy atom. The third-order valence-electron chi connectivity index (χ3n) is 5.94. The van der Waals surface area contributed by atoms with Gasteiger partial charge in [0.25, 0.3) is 0 Å². The molecule has 0 aromatic heterocycles. The van der Waals surface area contributed by atoms with Crippen molar-refractivity contribution < 1.29 is 24.2 Å². The Bertz CT molecular complexity index is 1070. The maximum absolute atomic E-state index is 12.7. The number of carboxylic acid groups (broad SMARTS) is 1. The molecule has 7 heteroatoms. The SMILES string of the molecule is N[C@@H](COCCCc1ccccc1)C(=O)N[C@H](CCC(=O)O)Cc1ccc(OCc2ccccc2)cc1. The first-order valence-electron chi connectivity index (χ1n) is 12.6. The molecular weight excluding hydrogens is 468 g/mol. The lowest BCUT2D eigenvalue weighted by atomic mass is 10.0. The molecule has 0 unspecified atom stereocenters. The van der Waals surface area contributed by atoms with Gasteiger partial charge in [0, 0.05) is 19.1 Å². The smallest absolute Gasteiger partial charge is 0.303 e. The molecule has 0 saturated carbocycles. The Labute approximate surface area is 218 Å². The van der Waals surface area contributed by atoms with E-state index < -0.39 is 12.0 Å². The van der Waals surface area contributed by atoms with Crippen LogP contribution in [-0.4, -0.2) is 42.3 Å². The molecule has 196 valence electrons. The molecule has 0 heterocycles. The molecule has 0 fully saturated rings. The van der Waals surface area contributed by atoms with Gasteiger partial charge in [-0.25, -0.2) is 0 Å². The zero-order valence-corrected chi connectivity index (χ0v) is 21.1. The Balaban J connectivity index is 1.44. The van der Waals surface area contributed by atoms with Crippen LogP contribution in [0.3, 0.4) is 0 Å². The molecule has 0 radical (unpaired) electrons. The summed E-state index contributed by atoms with van der Waals surface area (Å²) in [6, 6.07) is 26.5. The molecule has 0 spiro atoms. The lowest BCUT2D eigenvalue weighted by Gasteiger charge is -2.21. The number of carboxylic acids is 1. The zero-order chi connectivity index (χ0) is 26.3. The van der Waals surface area contributed by atoms with Crippen LogP contribution < -0.4 is 15.8 Å². The molecule has 0 aliphatic heterocycles. The molecule has 37 heavy (non-hydrogen) atoms. The van der Waals surface area contributed by atoms with Crippen molar-refractivity contribution in [3.63, 3.8) is 0 Å². The summed E-state index contributed by atoms with van der Waals surface area (Å²) in [6.45, 7) is 1.10. The number of benzene rings is 3. The molecule has 4 N–H and O–H groups in total. The van der Waals surface area contributed by atoms with Crippen molar-refractivity contribution in [3.05, 3.63) is 102 Å². The first-order valence-corrected chi connectivity index (χ1v) is 12.6. The fourth-order valence-corrected chi connectivity index (χ4v) is 3.89. The third-order valence-corrected chi connectivity index (χ3v) is 5.94. The molecule has 3 rings (SSSR count). The van der Waals surface area contributed by atoms with E-state index in [1.54, 1.807) is 0 Å². The van der Waals surface area contributed by atoms with E-state index in [9.17, 15) is 9.59 Å². The van der Waals surface area contributed by atoms with E-state index in [1.807, 2.05) is 72.8 Å². The Kier molecular flexibility index (Phi) is 11.6. The molecule has 0 aliphatic rings. The number of hydrogen-bond acceptors (Lipinski definition) is 5. The van der Waals surface area contributed by atoms with Gasteiger partial charge in [-0.1, -0.05) is 72.8 Å². The van der Waals surface area contributed by atoms with Crippen LogP contribution in [0.1, 0.15) is 36.0 Å². The highest BCUT2D eigenvalue weighted by molar-refractivity contribution is 5.82. The van der Waals surface area contributed by atoms with E-state index in [0.29, 0.717) is 26.1 Å². The minimum Gasteiger partial charge on any atom is -0.489 e. The number of nitrogens with one attached hydrogen (secondary N) is 1. The van der Waals surface area contributed by atoms with Crippen molar-refractivity contribution >= 4 is 11.9 Å². The first kappa shape index (κ1) is 27.9. The first-order chi connectivity index (χ1) is 18.0. The number of hydrogen-bond donors (Lipinski definition) is 3. The molecule has 0 saturated heterocycles. The molecule has 3 aromatic rings. The highest BCUT2D eigenvalue weighted by Gasteiger charge is 2.20. The Hall–Kier alpha value is -3.68. The molecule has 2 atom stereocenters. The van der Waals surface area contributed by atoms with Gasteiger partial charge in [0.15, 0.2) is 0 Å². The van der Waals surface area contributed by atoms with E-state index in [1.165, 1.54) is 5.56 Å². The average molecular weight is 505 g/mol. The molecule has 0 aliphatic carbocycles. The molecule has 0 bridgehead atoms. The summed E-state index contributed by atoms with van der Waals surface area (Å²) in [5.41, 5.74) is 9.33. The van der Waals surface area contributed by atoms with Gasteiger partial charge in [-0.05, 0) is 54.5 Å². The van der Waals surface area contributed by atoms with Gasteiger partial charge in [-0.2, -0.15) is 0 Å². The molecule has 3 aromatic carbocycles. The van der Waals surface area contributed by atoms with Crippen molar-refractivity contribution in [2.24, 2.45) is 5.73 Å². The van der Waals surface area contributed by atoms with Crippen LogP contribution in [0.25, 0.3) is 0 Å². The molecule has 1 amide bonds. The number of aryl methyl sites for hydroxylation is 1. The van der Waals surface area contributed by atoms with Crippen LogP contribution in [0.15, 0.2) is 84.9 Å². The fraction of sp³-hybridized carbons (Fsp3) is 0.333. The quantitative estimate of drug-likeness (QED) is 0.253. The average Bonchev–Trinajstić information content (AvgIpc) is 2.92. The van der Waals surface area contributed by atoms with Crippen molar-refractivity contribution in [1.29, 1.82) is 0 Å². The summed E-state index contributed by atoms with van der Waals surface area (Å²) in [5, 5.41) is 12.0. The number of nitrogens with two attached hydrogens (primary N) is 1. The Morgan fingerprint density at radius 3 is 2.16 bits per heavy atom. The summed E-state index contributed by atoms with van der Waals surface area (Å²) in [5.74, 6) is -0.513. The largest absolute Gasteiger partial charge is 0.489 e. The minimum absolute atomic E-state index is 0.0472. The van der Waals surface area contributed by atoms with Crippen LogP contribution in [0.4, 0.5) is 0 Å². The topological polar surface area (TPSA) is 111 Å². The van der Waals surface area contributed by atoms with E-state index in [4.69, 9.17) is 20.3 Å². The second kappa shape index (κ2) is 15.4. The normalized spacial score (nSPS) is 12.5. The number of carbonyl (C=O) groups excluding carboxylic acids is 1. The van der Waals surface area contributed by atoms with Gasteiger partial charge in [0.1, 0.15) is 18.4 Å². The second-order valence-corrected chi connectivity index (χ2v) is 9.03. The van der Waals surface area contributed by atoms with Crippen LogP contribution in [0.5, 0.6) is 5.75 Å². The van der Waals surface area contributed by atoms with Gasteiger partial charge in [-0.15, -0.1) is 0 Å². The minimum atomic E-state index is -0.907. The number of ether oxygens (including phenoxy) is 2. The lowest BCUT2D eigenvalue weighted by Crippen LogP contribution is -2.48. The van der Waals surface area contributed by atoms with E-state index in [0.717, 1.165) is 29.7 Å². The molecule has 7 nitrogen and oxygen atoms in total. The number of amides is 1. The third kappa shape index (κ3) is 10.9. The summed E-state index contributed by atoms with van der Waals surface area (Å²) in [7, 11) is 0. The maximum Gasteiger partial charge on any atom is 0.303 e. The van der Waals surface area contributed by atoms with Gasteiger partial charge >= 0.3 is 5.97 Å². The van der Waals surface area contributed by atoms with Crippen molar-refractivity contribution in [1.82, 2.24) is 5.32 Å². The Morgan fingerprint density at radius 1 is 0.865 bits per heavy atom. The van der Waals surface area contributed by atoms with Gasteiger partial charge in [0.05, 0.1) is 6.61 Å². The number of rotatable bonds is 16. The number of carbonyl (C=O) groups is 2. The van der Waals surface area contributed by atoms with Gasteiger partial charge in [0.2, 0.25) is 5.91 Å². The standard InChI is InChI=1S/C30H36N2O5/c31-28(22-36-19-7-12-23-8-3-1-4-9-23)30(35)32-26(15-18-29(33)34)20-24-13-16-27(17-14-24)37-21-25-10-5-2-6-11-25/h1-6,8-11,13-14,16-17,26,28H,7,12,15,18-22,31H2,(H,32,35)(H,33,34)/t26-,28+/m1/s1. The van der Waals surface area contributed by atoms with Gasteiger partial charge in [-0.3, -0.25) is 9.59 Å². The van der Waals surface area contributed by atoms with Crippen LogP contribution in [0, 0.1) is 0 Å². The van der Waals surface area contributed by atoms with Crippen LogP contribution in [-0.2, 0) is 33.8 Å². The summed E-state index contributed by atoms with van der Waals surface area (Å²) >= 11 is 0. The van der Waals surface area contributed by atoms with Crippen molar-refractivity contribution in [2.45, 2.75) is 50.8 Å². The number of aliphatic carboxylic acids is 1. The van der Waals surface area contributed by atoms with Gasteiger partial charge < -0.3 is 25.6 Å². The molecular formula is C30H36N2O5. The zero-order valence-electron chi connectivity index (χ0n) is 21.1. The lowest BCUT2D eigenvalue weighted by molar-refractivity contribution is -0.137. The second-order valence-electron chi connectivity index (χ2n) is 9.03.